The van der Waals surface area contributed by atoms with Crippen LogP contribution in [0, 0.1) is 17.6 Å². The van der Waals surface area contributed by atoms with E-state index < -0.39 is 11.6 Å². The molecule has 0 radical (unpaired) electrons. The van der Waals surface area contributed by atoms with Crippen molar-refractivity contribution in [1.29, 1.82) is 0 Å². The molecule has 0 spiro atoms. The Labute approximate surface area is 101 Å². The lowest BCUT2D eigenvalue weighted by Gasteiger charge is -2.20. The minimum atomic E-state index is -0.755. The molecule has 0 aromatic heterocycles. The quantitative estimate of drug-likeness (QED) is 0.848. The van der Waals surface area contributed by atoms with Gasteiger partial charge in [-0.25, -0.2) is 8.78 Å². The van der Waals surface area contributed by atoms with Crippen molar-refractivity contribution in [2.75, 3.05) is 13.1 Å². The van der Waals surface area contributed by atoms with E-state index in [2.05, 4.69) is 12.2 Å². The fraction of sp³-hybridized carbons (Fsp3) is 0.571. The van der Waals surface area contributed by atoms with Gasteiger partial charge in [-0.05, 0) is 55.5 Å². The lowest BCUT2D eigenvalue weighted by molar-refractivity contribution is 0.445. The lowest BCUT2D eigenvalue weighted by atomic mass is 9.89. The van der Waals surface area contributed by atoms with Crippen LogP contribution in [0.2, 0.25) is 0 Å². The van der Waals surface area contributed by atoms with E-state index in [0.29, 0.717) is 11.8 Å². The van der Waals surface area contributed by atoms with E-state index in [1.807, 2.05) is 0 Å². The van der Waals surface area contributed by atoms with Crippen LogP contribution < -0.4 is 5.32 Å². The summed E-state index contributed by atoms with van der Waals surface area (Å²) < 4.78 is 26.1. The Kier molecular flexibility index (Phi) is 4.11. The summed E-state index contributed by atoms with van der Waals surface area (Å²) in [5, 5.41) is 3.35. The van der Waals surface area contributed by atoms with Crippen LogP contribution in [-0.2, 0) is 0 Å². The van der Waals surface area contributed by atoms with E-state index in [4.69, 9.17) is 0 Å². The van der Waals surface area contributed by atoms with Gasteiger partial charge < -0.3 is 5.32 Å². The molecule has 1 fully saturated rings. The van der Waals surface area contributed by atoms with Crippen molar-refractivity contribution < 1.29 is 8.78 Å². The first-order valence-electron chi connectivity index (χ1n) is 6.38. The van der Waals surface area contributed by atoms with Crippen LogP contribution in [0.1, 0.15) is 37.7 Å². The van der Waals surface area contributed by atoms with Crippen molar-refractivity contribution in [3.8, 4) is 0 Å². The zero-order valence-electron chi connectivity index (χ0n) is 10.2. The maximum atomic E-state index is 13.2. The molecule has 1 aromatic rings. The number of benzene rings is 1. The molecule has 0 amide bonds. The molecule has 0 saturated heterocycles. The predicted octanol–water partition coefficient (Wildman–Crippen LogP) is 3.46. The first-order chi connectivity index (χ1) is 8.22. The molecule has 0 heterocycles. The van der Waals surface area contributed by atoms with Gasteiger partial charge in [-0.1, -0.05) is 19.4 Å². The van der Waals surface area contributed by atoms with Crippen LogP contribution in [-0.4, -0.2) is 13.1 Å². The van der Waals surface area contributed by atoms with Crippen molar-refractivity contribution in [3.63, 3.8) is 0 Å². The van der Waals surface area contributed by atoms with Gasteiger partial charge in [0.2, 0.25) is 0 Å². The Morgan fingerprint density at radius 3 is 2.76 bits per heavy atom. The topological polar surface area (TPSA) is 12.0 Å². The number of nitrogens with one attached hydrogen (secondary N) is 1. The Hall–Kier alpha value is -0.960. The molecule has 1 aliphatic rings. The molecular formula is C14H19F2N. The number of hydrogen-bond donors (Lipinski definition) is 1. The molecule has 94 valence electrons. The first kappa shape index (κ1) is 12.5. The van der Waals surface area contributed by atoms with Crippen LogP contribution in [0.15, 0.2) is 18.2 Å². The summed E-state index contributed by atoms with van der Waals surface area (Å²) in [6.45, 7) is 4.02. The highest BCUT2D eigenvalue weighted by molar-refractivity contribution is 5.23. The molecule has 1 nitrogen and oxygen atoms in total. The molecule has 2 atom stereocenters. The third kappa shape index (κ3) is 2.83. The lowest BCUT2D eigenvalue weighted by Crippen LogP contribution is -2.24. The summed E-state index contributed by atoms with van der Waals surface area (Å²) in [5.74, 6) is -0.546. The number of halogens is 2. The van der Waals surface area contributed by atoms with Gasteiger partial charge in [0, 0.05) is 0 Å². The van der Waals surface area contributed by atoms with Gasteiger partial charge in [0.05, 0.1) is 0 Å². The standard InChI is InChI=1S/C14H19F2N/c1-2-17-9-11-4-3-5-12(11)10-6-7-13(15)14(16)8-10/h6-8,11-12,17H,2-5,9H2,1H3. The maximum absolute atomic E-state index is 13.2. The molecule has 3 heteroatoms. The highest BCUT2D eigenvalue weighted by atomic mass is 19.2. The summed E-state index contributed by atoms with van der Waals surface area (Å²) in [6.07, 6.45) is 3.44. The summed E-state index contributed by atoms with van der Waals surface area (Å²) in [7, 11) is 0. The van der Waals surface area contributed by atoms with Crippen molar-refractivity contribution >= 4 is 0 Å². The zero-order chi connectivity index (χ0) is 12.3. The molecule has 0 aliphatic heterocycles. The summed E-state index contributed by atoms with van der Waals surface area (Å²) in [4.78, 5) is 0. The van der Waals surface area contributed by atoms with E-state index in [1.165, 1.54) is 25.0 Å². The smallest absolute Gasteiger partial charge is 0.159 e. The van der Waals surface area contributed by atoms with Crippen LogP contribution in [0.5, 0.6) is 0 Å². The molecule has 1 aliphatic carbocycles. The zero-order valence-corrected chi connectivity index (χ0v) is 10.2. The van der Waals surface area contributed by atoms with E-state index >= 15 is 0 Å². The largest absolute Gasteiger partial charge is 0.317 e. The fourth-order valence-corrected chi connectivity index (χ4v) is 2.79. The van der Waals surface area contributed by atoms with Gasteiger partial charge in [-0.3, -0.25) is 0 Å². The molecule has 0 bridgehead atoms. The number of hydrogen-bond acceptors (Lipinski definition) is 1. The second-order valence-corrected chi connectivity index (χ2v) is 4.78. The van der Waals surface area contributed by atoms with E-state index in [0.717, 1.165) is 25.1 Å². The molecule has 2 unspecified atom stereocenters. The number of rotatable bonds is 4. The van der Waals surface area contributed by atoms with Crippen LogP contribution in [0.25, 0.3) is 0 Å². The average molecular weight is 239 g/mol. The monoisotopic (exact) mass is 239 g/mol. The normalized spacial score (nSPS) is 24.2. The molecule has 2 rings (SSSR count). The van der Waals surface area contributed by atoms with Gasteiger partial charge in [0.15, 0.2) is 11.6 Å². The second-order valence-electron chi connectivity index (χ2n) is 4.78. The van der Waals surface area contributed by atoms with Gasteiger partial charge >= 0.3 is 0 Å². The van der Waals surface area contributed by atoms with Gasteiger partial charge in [-0.2, -0.15) is 0 Å². The van der Waals surface area contributed by atoms with Crippen LogP contribution in [0.4, 0.5) is 8.78 Å². The SMILES string of the molecule is CCNCC1CCCC1c1ccc(F)c(F)c1. The van der Waals surface area contributed by atoms with Crippen LogP contribution >= 0.6 is 0 Å². The Balaban J connectivity index is 2.11. The van der Waals surface area contributed by atoms with Gasteiger partial charge in [0.25, 0.3) is 0 Å². The van der Waals surface area contributed by atoms with Crippen molar-refractivity contribution in [1.82, 2.24) is 5.32 Å². The third-order valence-electron chi connectivity index (χ3n) is 3.69. The Bertz CT molecular complexity index is 378. The summed E-state index contributed by atoms with van der Waals surface area (Å²) in [6, 6.07) is 4.34. The predicted molar refractivity (Wildman–Crippen MR) is 65.0 cm³/mol. The third-order valence-corrected chi connectivity index (χ3v) is 3.69. The minimum Gasteiger partial charge on any atom is -0.317 e. The van der Waals surface area contributed by atoms with Crippen molar-refractivity contribution in [2.45, 2.75) is 32.1 Å². The first-order valence-corrected chi connectivity index (χ1v) is 6.38. The van der Waals surface area contributed by atoms with Gasteiger partial charge in [0.1, 0.15) is 0 Å². The summed E-state index contributed by atoms with van der Waals surface area (Å²) >= 11 is 0. The van der Waals surface area contributed by atoms with Crippen molar-refractivity contribution in [3.05, 3.63) is 35.4 Å². The Morgan fingerprint density at radius 1 is 1.24 bits per heavy atom. The van der Waals surface area contributed by atoms with Crippen molar-refractivity contribution in [2.24, 2.45) is 5.92 Å². The second kappa shape index (κ2) is 5.58. The minimum absolute atomic E-state index is 0.379. The van der Waals surface area contributed by atoms with E-state index in [9.17, 15) is 8.78 Å². The highest BCUT2D eigenvalue weighted by Gasteiger charge is 2.28. The van der Waals surface area contributed by atoms with Crippen LogP contribution in [0.3, 0.4) is 0 Å². The molecule has 1 aromatic carbocycles. The molecule has 17 heavy (non-hydrogen) atoms. The maximum Gasteiger partial charge on any atom is 0.159 e. The van der Waals surface area contributed by atoms with E-state index in [1.54, 1.807) is 6.07 Å². The fourth-order valence-electron chi connectivity index (χ4n) is 2.79. The van der Waals surface area contributed by atoms with E-state index in [-0.39, 0.29) is 0 Å². The van der Waals surface area contributed by atoms with Gasteiger partial charge in [-0.15, -0.1) is 0 Å². The average Bonchev–Trinajstić information content (AvgIpc) is 2.78. The molecular weight excluding hydrogens is 220 g/mol. The molecule has 1 N–H and O–H groups in total. The highest BCUT2D eigenvalue weighted by Crippen LogP contribution is 2.39. The summed E-state index contributed by atoms with van der Waals surface area (Å²) in [5.41, 5.74) is 0.948. The molecule has 1 saturated carbocycles. The Morgan fingerprint density at radius 2 is 2.06 bits per heavy atom.